The molecule has 7 aromatic carbocycles. The van der Waals surface area contributed by atoms with Crippen LogP contribution < -0.4 is 19.7 Å². The summed E-state index contributed by atoms with van der Waals surface area (Å²) in [7, 11) is -2.26. The summed E-state index contributed by atoms with van der Waals surface area (Å²) in [6.45, 7) is 11.6. The summed E-state index contributed by atoms with van der Waals surface area (Å²) in [5.74, 6) is 2.36. The van der Waals surface area contributed by atoms with Crippen LogP contribution in [-0.2, 0) is 5.41 Å². The summed E-state index contributed by atoms with van der Waals surface area (Å²) in [4.78, 5) is 4.88. The van der Waals surface area contributed by atoms with Gasteiger partial charge in [-0.2, -0.15) is 0 Å². The standard InChI is InChI=1S/C54H44N4O2Si/c1-54(2,3)36-30-31-55-51(32-36)58-44-22-11-9-20-41(44)42-27-26-39(34-47(42)58)59-38-17-15-16-37(33-38)56-35-57(46-24-13-12-23-45(46)56)53-50(61(4,5)40-18-7-6-8-19-40)29-28-49-52(53)43-21-10-14-25-48(43)60-49/h6-34H,1-5H3. The lowest BCUT2D eigenvalue weighted by atomic mass is 9.88. The number of para-hydroxylation sites is 4. The quantitative estimate of drug-likeness (QED) is 0.0915. The highest BCUT2D eigenvalue weighted by Crippen LogP contribution is 2.37. The fourth-order valence-corrected chi connectivity index (χ4v) is 11.7. The van der Waals surface area contributed by atoms with Crippen molar-refractivity contribution < 1.29 is 13.7 Å². The van der Waals surface area contributed by atoms with Gasteiger partial charge in [-0.1, -0.05) is 142 Å². The van der Waals surface area contributed by atoms with Gasteiger partial charge in [-0.25, -0.2) is 4.98 Å². The Labute approximate surface area is 355 Å². The number of fused-ring (bicyclic) bond motifs is 7. The molecule has 0 bridgehead atoms. The van der Waals surface area contributed by atoms with Crippen LogP contribution in [0.3, 0.4) is 0 Å². The van der Waals surface area contributed by atoms with E-state index < -0.39 is 8.07 Å². The third kappa shape index (κ3) is 6.07. The third-order valence-corrected chi connectivity index (χ3v) is 15.8. The van der Waals surface area contributed by atoms with Gasteiger partial charge in [0.15, 0.2) is 0 Å². The third-order valence-electron chi connectivity index (χ3n) is 12.3. The molecule has 4 aromatic heterocycles. The van der Waals surface area contributed by atoms with Crippen LogP contribution in [-0.4, -0.2) is 22.2 Å². The molecule has 0 N–H and O–H groups in total. The SMILES string of the molecule is CC(C)(C)c1ccnc(-n2c3ccccc3c3ccc(Oc4cccc(-n5[c-][n+](-c6c([Si](C)(C)c7ccccc7)ccc7oc8ccccc8c67)c6ccccc65)c4)cc32)c1. The molecule has 0 saturated carbocycles. The van der Waals surface area contributed by atoms with Gasteiger partial charge in [0.05, 0.1) is 33.4 Å². The van der Waals surface area contributed by atoms with Crippen molar-refractivity contribution in [2.24, 2.45) is 0 Å². The second-order valence-electron chi connectivity index (χ2n) is 17.5. The highest BCUT2D eigenvalue weighted by Gasteiger charge is 2.32. The van der Waals surface area contributed by atoms with E-state index in [0.29, 0.717) is 0 Å². The number of furan rings is 1. The van der Waals surface area contributed by atoms with Crippen molar-refractivity contribution in [3.8, 4) is 28.7 Å². The molecule has 0 aliphatic carbocycles. The van der Waals surface area contributed by atoms with Crippen LogP contribution in [0, 0.1) is 6.33 Å². The highest BCUT2D eigenvalue weighted by molar-refractivity contribution is 7.01. The van der Waals surface area contributed by atoms with Crippen molar-refractivity contribution >= 4 is 73.2 Å². The maximum Gasteiger partial charge on any atom is 0.269 e. The molecule has 0 aliphatic heterocycles. The van der Waals surface area contributed by atoms with Crippen molar-refractivity contribution in [3.05, 3.63) is 188 Å². The minimum absolute atomic E-state index is 0.0127. The Morgan fingerprint density at radius 1 is 0.623 bits per heavy atom. The molecule has 4 heterocycles. The zero-order chi connectivity index (χ0) is 41.5. The van der Waals surface area contributed by atoms with Crippen LogP contribution in [0.2, 0.25) is 13.1 Å². The minimum Gasteiger partial charge on any atom is -0.458 e. The van der Waals surface area contributed by atoms with Crippen LogP contribution in [0.4, 0.5) is 0 Å². The maximum atomic E-state index is 6.75. The minimum atomic E-state index is -2.26. The summed E-state index contributed by atoms with van der Waals surface area (Å²) in [6.07, 6.45) is 5.77. The smallest absolute Gasteiger partial charge is 0.269 e. The van der Waals surface area contributed by atoms with Crippen LogP contribution >= 0.6 is 0 Å². The predicted molar refractivity (Wildman–Crippen MR) is 251 cm³/mol. The van der Waals surface area contributed by atoms with E-state index in [0.717, 1.165) is 78.1 Å². The van der Waals surface area contributed by atoms with Gasteiger partial charge < -0.3 is 9.15 Å². The molecule has 7 heteroatoms. The van der Waals surface area contributed by atoms with E-state index in [9.17, 15) is 0 Å². The van der Waals surface area contributed by atoms with E-state index in [1.165, 1.54) is 21.3 Å². The topological polar surface area (TPSA) is 49.0 Å². The molecule has 0 aliphatic rings. The zero-order valence-electron chi connectivity index (χ0n) is 34.8. The molecule has 11 aromatic rings. The fourth-order valence-electron chi connectivity index (χ4n) is 9.05. The Kier molecular flexibility index (Phi) is 8.41. The van der Waals surface area contributed by atoms with Gasteiger partial charge in [0.25, 0.3) is 6.33 Å². The molecular formula is C54H44N4O2Si. The lowest BCUT2D eigenvalue weighted by molar-refractivity contribution is -0.569. The number of nitrogens with zero attached hydrogens (tertiary/aromatic N) is 4. The largest absolute Gasteiger partial charge is 0.458 e. The molecule has 61 heavy (non-hydrogen) atoms. The maximum absolute atomic E-state index is 6.75. The van der Waals surface area contributed by atoms with Gasteiger partial charge >= 0.3 is 0 Å². The van der Waals surface area contributed by atoms with E-state index in [4.69, 9.17) is 14.1 Å². The number of hydrogen-bond donors (Lipinski definition) is 0. The number of rotatable bonds is 7. The van der Waals surface area contributed by atoms with Crippen LogP contribution in [0.25, 0.3) is 72.0 Å². The number of imidazole rings is 1. The first-order valence-electron chi connectivity index (χ1n) is 20.9. The van der Waals surface area contributed by atoms with Crippen LogP contribution in [0.1, 0.15) is 26.3 Å². The first kappa shape index (κ1) is 36.8. The van der Waals surface area contributed by atoms with Crippen molar-refractivity contribution in [3.63, 3.8) is 0 Å². The van der Waals surface area contributed by atoms with E-state index in [1.54, 1.807) is 0 Å². The molecule has 0 saturated heterocycles. The highest BCUT2D eigenvalue weighted by atomic mass is 28.3. The summed E-state index contributed by atoms with van der Waals surface area (Å²) in [5.41, 5.74) is 9.23. The van der Waals surface area contributed by atoms with E-state index in [-0.39, 0.29) is 5.41 Å². The van der Waals surface area contributed by atoms with Crippen molar-refractivity contribution in [1.82, 2.24) is 14.1 Å². The molecular weight excluding hydrogens is 765 g/mol. The van der Waals surface area contributed by atoms with E-state index >= 15 is 0 Å². The van der Waals surface area contributed by atoms with Crippen molar-refractivity contribution in [2.45, 2.75) is 39.3 Å². The first-order chi connectivity index (χ1) is 29.6. The average molecular weight is 809 g/mol. The van der Waals surface area contributed by atoms with E-state index in [1.807, 2.05) is 18.3 Å². The lowest BCUT2D eigenvalue weighted by Gasteiger charge is -2.27. The molecule has 0 unspecified atom stereocenters. The van der Waals surface area contributed by atoms with Crippen molar-refractivity contribution in [2.75, 3.05) is 0 Å². The summed E-state index contributed by atoms with van der Waals surface area (Å²) in [6, 6.07) is 59.8. The Morgan fingerprint density at radius 3 is 2.18 bits per heavy atom. The number of aromatic nitrogens is 4. The monoisotopic (exact) mass is 808 g/mol. The van der Waals surface area contributed by atoms with Gasteiger partial charge in [-0.3, -0.25) is 13.7 Å². The predicted octanol–water partition coefficient (Wildman–Crippen LogP) is 12.0. The van der Waals surface area contributed by atoms with E-state index in [2.05, 4.69) is 212 Å². The average Bonchev–Trinajstić information content (AvgIpc) is 3.96. The number of benzene rings is 7. The molecule has 6 nitrogen and oxygen atoms in total. The molecule has 0 radical (unpaired) electrons. The second-order valence-corrected chi connectivity index (χ2v) is 21.8. The Hall–Kier alpha value is -7.22. The molecule has 0 fully saturated rings. The Bertz CT molecular complexity index is 3480. The van der Waals surface area contributed by atoms with Gasteiger partial charge in [-0.05, 0) is 76.8 Å². The second kappa shape index (κ2) is 13.9. The van der Waals surface area contributed by atoms with Gasteiger partial charge in [0.1, 0.15) is 36.6 Å². The normalized spacial score (nSPS) is 12.3. The van der Waals surface area contributed by atoms with Gasteiger partial charge in [0, 0.05) is 33.8 Å². The number of hydrogen-bond acceptors (Lipinski definition) is 3. The van der Waals surface area contributed by atoms with Crippen molar-refractivity contribution in [1.29, 1.82) is 0 Å². The molecule has 11 rings (SSSR count). The summed E-state index contributed by atoms with van der Waals surface area (Å²) in [5, 5.41) is 7.19. The molecule has 0 spiro atoms. The summed E-state index contributed by atoms with van der Waals surface area (Å²) < 4.78 is 19.9. The Morgan fingerprint density at radius 2 is 1.34 bits per heavy atom. The molecule has 0 atom stereocenters. The zero-order valence-corrected chi connectivity index (χ0v) is 35.8. The van der Waals surface area contributed by atoms with Crippen LogP contribution in [0.5, 0.6) is 11.5 Å². The summed E-state index contributed by atoms with van der Waals surface area (Å²) >= 11 is 0. The fraction of sp³-hybridized carbons (Fsp3) is 0.111. The number of ether oxygens (including phenoxy) is 1. The Balaban J connectivity index is 1.05. The number of pyridine rings is 1. The van der Waals surface area contributed by atoms with Crippen LogP contribution in [0.15, 0.2) is 180 Å². The van der Waals surface area contributed by atoms with Gasteiger partial charge in [-0.15, -0.1) is 0 Å². The molecule has 0 amide bonds. The first-order valence-corrected chi connectivity index (χ1v) is 23.9. The molecule has 296 valence electrons. The lowest BCUT2D eigenvalue weighted by Crippen LogP contribution is -2.56. The van der Waals surface area contributed by atoms with Gasteiger partial charge in [0.2, 0.25) is 0 Å².